The van der Waals surface area contributed by atoms with Crippen molar-refractivity contribution in [2.24, 2.45) is 11.8 Å². The van der Waals surface area contributed by atoms with E-state index < -0.39 is 41.2 Å². The second kappa shape index (κ2) is 5.03. The molecule has 2 aromatic rings. The number of H-pyrrole nitrogens is 2. The van der Waals surface area contributed by atoms with Crippen molar-refractivity contribution in [3.8, 4) is 0 Å². The molecule has 9 nitrogen and oxygen atoms in total. The van der Waals surface area contributed by atoms with Gasteiger partial charge in [-0.05, 0) is 12.1 Å². The Morgan fingerprint density at radius 3 is 2.75 bits per heavy atom. The number of imide groups is 1. The third-order valence-electron chi connectivity index (χ3n) is 4.86. The molecule has 24 heavy (non-hydrogen) atoms. The van der Waals surface area contributed by atoms with Crippen LogP contribution in [0.15, 0.2) is 30.9 Å². The number of imidazole rings is 1. The van der Waals surface area contributed by atoms with Crippen molar-refractivity contribution in [1.29, 1.82) is 0 Å². The van der Waals surface area contributed by atoms with E-state index in [2.05, 4.69) is 25.6 Å². The predicted molar refractivity (Wildman–Crippen MR) is 79.5 cm³/mol. The number of hydrogen-bond acceptors (Lipinski definition) is 5. The maximum Gasteiger partial charge on any atom is 0.325 e. The molecule has 0 aromatic carbocycles. The molecule has 2 unspecified atom stereocenters. The van der Waals surface area contributed by atoms with Gasteiger partial charge in [0.25, 0.3) is 0 Å². The van der Waals surface area contributed by atoms with E-state index in [4.69, 9.17) is 0 Å². The van der Waals surface area contributed by atoms with Gasteiger partial charge in [0, 0.05) is 30.2 Å². The molecule has 2 saturated heterocycles. The summed E-state index contributed by atoms with van der Waals surface area (Å²) in [6, 6.07) is 2.94. The van der Waals surface area contributed by atoms with Crippen LogP contribution in [0.5, 0.6) is 0 Å². The van der Waals surface area contributed by atoms with Gasteiger partial charge in [-0.2, -0.15) is 0 Å². The minimum Gasteiger partial charge on any atom is -0.480 e. The Balaban J connectivity index is 1.82. The van der Waals surface area contributed by atoms with Gasteiger partial charge >= 0.3 is 5.97 Å². The summed E-state index contributed by atoms with van der Waals surface area (Å²) in [7, 11) is 0. The van der Waals surface area contributed by atoms with Crippen molar-refractivity contribution in [2.75, 3.05) is 0 Å². The normalized spacial score (nSPS) is 31.9. The Morgan fingerprint density at radius 1 is 1.29 bits per heavy atom. The minimum atomic E-state index is -1.59. The molecule has 2 aliphatic rings. The fourth-order valence-electron chi connectivity index (χ4n) is 3.85. The number of aliphatic carboxylic acids is 1. The van der Waals surface area contributed by atoms with E-state index in [-0.39, 0.29) is 6.42 Å². The van der Waals surface area contributed by atoms with Gasteiger partial charge in [-0.25, -0.2) is 4.98 Å². The van der Waals surface area contributed by atoms with Crippen LogP contribution in [0.2, 0.25) is 0 Å². The average molecular weight is 329 g/mol. The molecule has 4 atom stereocenters. The summed E-state index contributed by atoms with van der Waals surface area (Å²) in [5.41, 5.74) is -0.353. The molecule has 2 aromatic heterocycles. The van der Waals surface area contributed by atoms with Crippen LogP contribution in [0.4, 0.5) is 0 Å². The number of carboxylic acid groups (broad SMARTS) is 1. The van der Waals surface area contributed by atoms with Gasteiger partial charge in [0.15, 0.2) is 0 Å². The molecule has 2 aliphatic heterocycles. The SMILES string of the molecule is O=C1NC(=O)[C@@H]2[C@H]1C(c1ccc[nH]1)NC2(Cc1cnc[nH]1)C(=O)O. The number of hydrogen-bond donors (Lipinski definition) is 5. The van der Waals surface area contributed by atoms with Crippen LogP contribution in [0.25, 0.3) is 0 Å². The number of carbonyl (C=O) groups is 3. The maximum atomic E-state index is 12.4. The zero-order chi connectivity index (χ0) is 16.9. The largest absolute Gasteiger partial charge is 0.480 e. The highest BCUT2D eigenvalue weighted by Gasteiger charge is 2.66. The van der Waals surface area contributed by atoms with Crippen molar-refractivity contribution < 1.29 is 19.5 Å². The number of nitrogens with one attached hydrogen (secondary N) is 4. The van der Waals surface area contributed by atoms with Crippen molar-refractivity contribution in [1.82, 2.24) is 25.6 Å². The van der Waals surface area contributed by atoms with Crippen molar-refractivity contribution in [3.63, 3.8) is 0 Å². The van der Waals surface area contributed by atoms with Gasteiger partial charge in [0.1, 0.15) is 5.54 Å². The Hall–Kier alpha value is -2.94. The second-order valence-electron chi connectivity index (χ2n) is 6.13. The smallest absolute Gasteiger partial charge is 0.325 e. The van der Waals surface area contributed by atoms with E-state index in [1.54, 1.807) is 18.3 Å². The molecule has 0 bridgehead atoms. The lowest BCUT2D eigenvalue weighted by Gasteiger charge is -2.29. The summed E-state index contributed by atoms with van der Waals surface area (Å²) in [4.78, 5) is 46.6. The summed E-state index contributed by atoms with van der Waals surface area (Å²) in [6.45, 7) is 0. The number of aromatic nitrogens is 3. The monoisotopic (exact) mass is 329 g/mol. The number of carbonyl (C=O) groups excluding carboxylic acids is 2. The highest BCUT2D eigenvalue weighted by molar-refractivity contribution is 6.09. The Morgan fingerprint density at radius 2 is 2.12 bits per heavy atom. The standard InChI is InChI=1S/C15H15N5O4/c21-12-9-10(13(22)19-12)15(14(23)24,4-7-5-16-6-18-7)20-11(9)8-2-1-3-17-8/h1-3,5-6,9-11,17,20H,4H2,(H,16,18)(H,23,24)(H,19,21,22)/t9-,10-,11?,15?/m0/s1. The fourth-order valence-corrected chi connectivity index (χ4v) is 3.85. The Kier molecular flexibility index (Phi) is 3.07. The van der Waals surface area contributed by atoms with Gasteiger partial charge in [-0.15, -0.1) is 0 Å². The number of carboxylic acids is 1. The number of aromatic amines is 2. The predicted octanol–water partition coefficient (Wildman–Crippen LogP) is -0.663. The molecule has 0 radical (unpaired) electrons. The first-order valence-electron chi connectivity index (χ1n) is 7.49. The van der Waals surface area contributed by atoms with Crippen molar-refractivity contribution >= 4 is 17.8 Å². The Labute approximate surface area is 135 Å². The van der Waals surface area contributed by atoms with Crippen LogP contribution in [0, 0.1) is 11.8 Å². The number of fused-ring (bicyclic) bond motifs is 1. The van der Waals surface area contributed by atoms with E-state index in [1.807, 2.05) is 0 Å². The van der Waals surface area contributed by atoms with Crippen LogP contribution < -0.4 is 10.6 Å². The Bertz CT molecular complexity index is 800. The van der Waals surface area contributed by atoms with E-state index >= 15 is 0 Å². The molecule has 2 fully saturated rings. The molecule has 0 aliphatic carbocycles. The van der Waals surface area contributed by atoms with Crippen LogP contribution in [-0.4, -0.2) is 43.4 Å². The summed E-state index contributed by atoms with van der Waals surface area (Å²) >= 11 is 0. The molecule has 4 heterocycles. The van der Waals surface area contributed by atoms with E-state index in [0.29, 0.717) is 11.4 Å². The molecule has 2 amide bonds. The van der Waals surface area contributed by atoms with Gasteiger partial charge < -0.3 is 15.1 Å². The number of nitrogens with zero attached hydrogens (tertiary/aromatic N) is 1. The molecule has 124 valence electrons. The van der Waals surface area contributed by atoms with Crippen LogP contribution in [0.3, 0.4) is 0 Å². The molecule has 4 rings (SSSR count). The first kappa shape index (κ1) is 14.6. The van der Waals surface area contributed by atoms with Gasteiger partial charge in [0.05, 0.1) is 24.2 Å². The maximum absolute atomic E-state index is 12.4. The zero-order valence-electron chi connectivity index (χ0n) is 12.4. The third-order valence-corrected chi connectivity index (χ3v) is 4.86. The van der Waals surface area contributed by atoms with Gasteiger partial charge in [-0.1, -0.05) is 0 Å². The molecule has 9 heteroatoms. The van der Waals surface area contributed by atoms with Crippen LogP contribution >= 0.6 is 0 Å². The number of amides is 2. The topological polar surface area (TPSA) is 140 Å². The van der Waals surface area contributed by atoms with Crippen LogP contribution in [-0.2, 0) is 20.8 Å². The lowest BCUT2D eigenvalue weighted by Crippen LogP contribution is -2.57. The molecular formula is C15H15N5O4. The summed E-state index contributed by atoms with van der Waals surface area (Å²) < 4.78 is 0. The lowest BCUT2D eigenvalue weighted by molar-refractivity contribution is -0.149. The summed E-state index contributed by atoms with van der Waals surface area (Å²) in [5, 5.41) is 15.3. The first-order chi connectivity index (χ1) is 11.5. The molecule has 0 spiro atoms. The average Bonchev–Trinajstić information content (AvgIpc) is 3.29. The second-order valence-corrected chi connectivity index (χ2v) is 6.13. The summed E-state index contributed by atoms with van der Waals surface area (Å²) in [5.74, 6) is -3.97. The first-order valence-corrected chi connectivity index (χ1v) is 7.49. The molecule has 5 N–H and O–H groups in total. The highest BCUT2D eigenvalue weighted by atomic mass is 16.4. The highest BCUT2D eigenvalue weighted by Crippen LogP contribution is 2.47. The molecule has 0 saturated carbocycles. The van der Waals surface area contributed by atoms with E-state index in [1.165, 1.54) is 12.5 Å². The quantitative estimate of drug-likeness (QED) is 0.472. The lowest BCUT2D eigenvalue weighted by atomic mass is 9.77. The third kappa shape index (κ3) is 1.91. The van der Waals surface area contributed by atoms with Crippen molar-refractivity contribution in [2.45, 2.75) is 18.0 Å². The zero-order valence-corrected chi connectivity index (χ0v) is 12.4. The van der Waals surface area contributed by atoms with Gasteiger partial charge in [0.2, 0.25) is 11.8 Å². The van der Waals surface area contributed by atoms with Crippen LogP contribution in [0.1, 0.15) is 17.4 Å². The van der Waals surface area contributed by atoms with E-state index in [9.17, 15) is 19.5 Å². The van der Waals surface area contributed by atoms with Gasteiger partial charge in [-0.3, -0.25) is 25.0 Å². The minimum absolute atomic E-state index is 0.0153. The number of rotatable bonds is 4. The summed E-state index contributed by atoms with van der Waals surface area (Å²) in [6.07, 6.45) is 4.66. The molecular weight excluding hydrogens is 314 g/mol. The van der Waals surface area contributed by atoms with Crippen molar-refractivity contribution in [3.05, 3.63) is 42.2 Å². The fraction of sp³-hybridized carbons (Fsp3) is 0.333. The van der Waals surface area contributed by atoms with E-state index in [0.717, 1.165) is 0 Å².